The van der Waals surface area contributed by atoms with Crippen molar-refractivity contribution in [3.05, 3.63) is 83.2 Å². The number of halogens is 4. The Morgan fingerprint density at radius 1 is 1.06 bits per heavy atom. The SMILES string of the molecule is Cc1ncccc1-c1cc(C2(c3cncc(C(F)(F)F)c3)N=C(N)N(C)C2=O)ccc1F. The minimum Gasteiger partial charge on any atom is -0.369 e. The summed E-state index contributed by atoms with van der Waals surface area (Å²) in [5, 5.41) is 0. The Balaban J connectivity index is 2.00. The molecule has 2 N–H and O–H groups in total. The first-order valence-corrected chi connectivity index (χ1v) is 9.44. The zero-order valence-electron chi connectivity index (χ0n) is 17.0. The average molecular weight is 443 g/mol. The van der Waals surface area contributed by atoms with Crippen LogP contribution in [-0.4, -0.2) is 33.8 Å². The van der Waals surface area contributed by atoms with E-state index in [1.54, 1.807) is 25.3 Å². The lowest BCUT2D eigenvalue weighted by Crippen LogP contribution is -2.41. The molecule has 2 aromatic heterocycles. The molecule has 1 aliphatic rings. The summed E-state index contributed by atoms with van der Waals surface area (Å²) in [7, 11) is 1.36. The summed E-state index contributed by atoms with van der Waals surface area (Å²) < 4.78 is 54.9. The molecule has 32 heavy (non-hydrogen) atoms. The lowest BCUT2D eigenvalue weighted by atomic mass is 9.82. The molecule has 3 aromatic rings. The van der Waals surface area contributed by atoms with Gasteiger partial charge in [0.15, 0.2) is 11.5 Å². The number of nitrogens with two attached hydrogens (primary N) is 1. The maximum atomic E-state index is 14.8. The van der Waals surface area contributed by atoms with Crippen LogP contribution in [0.2, 0.25) is 0 Å². The lowest BCUT2D eigenvalue weighted by Gasteiger charge is -2.27. The molecule has 1 atom stereocenters. The Kier molecular flexibility index (Phi) is 4.95. The number of rotatable bonds is 3. The van der Waals surface area contributed by atoms with Gasteiger partial charge in [-0.05, 0) is 36.8 Å². The first-order chi connectivity index (χ1) is 15.1. The van der Waals surface area contributed by atoms with Gasteiger partial charge in [0, 0.05) is 48.0 Å². The standard InChI is InChI=1S/C22H17F4N5O/c1-12-16(4-3-7-29-12)17-9-13(5-6-18(17)23)21(19(32)31(2)20(27)30-21)14-8-15(11-28-10-14)22(24,25)26/h3-11H,1-2H3,(H2,27,30). The van der Waals surface area contributed by atoms with Crippen molar-refractivity contribution in [1.29, 1.82) is 0 Å². The van der Waals surface area contributed by atoms with Crippen LogP contribution in [0.4, 0.5) is 17.6 Å². The van der Waals surface area contributed by atoms with E-state index in [1.807, 2.05) is 0 Å². The Morgan fingerprint density at radius 3 is 2.44 bits per heavy atom. The number of carbonyl (C=O) groups is 1. The molecule has 1 aromatic carbocycles. The minimum atomic E-state index is -4.69. The summed E-state index contributed by atoms with van der Waals surface area (Å²) in [6, 6.07) is 7.91. The molecule has 0 saturated carbocycles. The molecule has 10 heteroatoms. The number of hydrogen-bond acceptors (Lipinski definition) is 5. The van der Waals surface area contributed by atoms with Gasteiger partial charge < -0.3 is 5.73 Å². The van der Waals surface area contributed by atoms with E-state index in [0.29, 0.717) is 17.5 Å². The molecule has 1 aliphatic heterocycles. The van der Waals surface area contributed by atoms with Crippen molar-refractivity contribution in [2.24, 2.45) is 10.7 Å². The van der Waals surface area contributed by atoms with Crippen LogP contribution in [0.5, 0.6) is 0 Å². The van der Waals surface area contributed by atoms with Gasteiger partial charge in [-0.2, -0.15) is 13.2 Å². The number of alkyl halides is 3. The zero-order valence-corrected chi connectivity index (χ0v) is 17.0. The number of amides is 1. The van der Waals surface area contributed by atoms with E-state index < -0.39 is 29.0 Å². The van der Waals surface area contributed by atoms with Crippen LogP contribution in [0, 0.1) is 12.7 Å². The van der Waals surface area contributed by atoms with Crippen molar-refractivity contribution in [2.75, 3.05) is 7.05 Å². The third-order valence-electron chi connectivity index (χ3n) is 5.40. The van der Waals surface area contributed by atoms with Gasteiger partial charge in [-0.1, -0.05) is 12.1 Å². The van der Waals surface area contributed by atoms with Gasteiger partial charge in [0.05, 0.1) is 5.56 Å². The second-order valence-corrected chi connectivity index (χ2v) is 7.34. The molecule has 0 saturated heterocycles. The van der Waals surface area contributed by atoms with Crippen molar-refractivity contribution in [3.63, 3.8) is 0 Å². The first kappa shape index (κ1) is 21.4. The number of hydrogen-bond donors (Lipinski definition) is 1. The molecule has 3 heterocycles. The maximum Gasteiger partial charge on any atom is 0.417 e. The Bertz CT molecular complexity index is 1260. The van der Waals surface area contributed by atoms with Gasteiger partial charge in [0.1, 0.15) is 5.82 Å². The lowest BCUT2D eigenvalue weighted by molar-refractivity contribution is -0.138. The van der Waals surface area contributed by atoms with Gasteiger partial charge in [-0.25, -0.2) is 9.38 Å². The van der Waals surface area contributed by atoms with Gasteiger partial charge >= 0.3 is 6.18 Å². The highest BCUT2D eigenvalue weighted by atomic mass is 19.4. The predicted octanol–water partition coefficient (Wildman–Crippen LogP) is 3.64. The fourth-order valence-electron chi connectivity index (χ4n) is 3.70. The van der Waals surface area contributed by atoms with Crippen LogP contribution in [0.25, 0.3) is 11.1 Å². The van der Waals surface area contributed by atoms with Crippen molar-refractivity contribution in [3.8, 4) is 11.1 Å². The van der Waals surface area contributed by atoms with E-state index in [2.05, 4.69) is 15.0 Å². The van der Waals surface area contributed by atoms with Crippen LogP contribution in [-0.2, 0) is 16.5 Å². The monoisotopic (exact) mass is 443 g/mol. The van der Waals surface area contributed by atoms with Crippen LogP contribution < -0.4 is 5.73 Å². The average Bonchev–Trinajstić information content (AvgIpc) is 2.99. The second kappa shape index (κ2) is 7.40. The zero-order chi connectivity index (χ0) is 23.3. The fourth-order valence-corrected chi connectivity index (χ4v) is 3.70. The minimum absolute atomic E-state index is 0.128. The number of aromatic nitrogens is 2. The molecule has 1 unspecified atom stereocenters. The van der Waals surface area contributed by atoms with Crippen LogP contribution >= 0.6 is 0 Å². The largest absolute Gasteiger partial charge is 0.417 e. The van der Waals surface area contributed by atoms with E-state index in [0.717, 1.165) is 23.2 Å². The Morgan fingerprint density at radius 2 is 1.81 bits per heavy atom. The predicted molar refractivity (Wildman–Crippen MR) is 109 cm³/mol. The summed E-state index contributed by atoms with van der Waals surface area (Å²) >= 11 is 0. The maximum absolute atomic E-state index is 14.8. The van der Waals surface area contributed by atoms with Crippen LogP contribution in [0.3, 0.4) is 0 Å². The number of likely N-dealkylation sites (N-methyl/N-ethyl adjacent to an activating group) is 1. The summed E-state index contributed by atoms with van der Waals surface area (Å²) in [5.74, 6) is -1.45. The van der Waals surface area contributed by atoms with Gasteiger partial charge in [0.2, 0.25) is 0 Å². The smallest absolute Gasteiger partial charge is 0.369 e. The molecule has 0 bridgehead atoms. The molecule has 0 aliphatic carbocycles. The number of pyridine rings is 2. The van der Waals surface area contributed by atoms with Crippen LogP contribution in [0.15, 0.2) is 60.0 Å². The summed E-state index contributed by atoms with van der Waals surface area (Å²) in [5.41, 5.74) is 4.03. The van der Waals surface area contributed by atoms with Crippen molar-refractivity contribution in [1.82, 2.24) is 14.9 Å². The van der Waals surface area contributed by atoms with Gasteiger partial charge in [-0.3, -0.25) is 19.7 Å². The third kappa shape index (κ3) is 3.28. The highest BCUT2D eigenvalue weighted by Crippen LogP contribution is 2.42. The number of aryl methyl sites for hydroxylation is 1. The van der Waals surface area contributed by atoms with E-state index >= 15 is 0 Å². The highest BCUT2D eigenvalue weighted by Gasteiger charge is 2.50. The fraction of sp³-hybridized carbons (Fsp3) is 0.182. The Hall–Kier alpha value is -3.82. The number of nitrogens with zero attached hydrogens (tertiary/aromatic N) is 4. The Labute approximate surface area is 180 Å². The quantitative estimate of drug-likeness (QED) is 0.627. The molecule has 0 fully saturated rings. The first-order valence-electron chi connectivity index (χ1n) is 9.44. The molecule has 4 rings (SSSR count). The number of guanidine groups is 1. The van der Waals surface area contributed by atoms with Crippen LogP contribution in [0.1, 0.15) is 22.4 Å². The normalized spacial score (nSPS) is 18.8. The van der Waals surface area contributed by atoms with Crippen molar-refractivity contribution < 1.29 is 22.4 Å². The number of benzene rings is 1. The summed E-state index contributed by atoms with van der Waals surface area (Å²) in [4.78, 5) is 26.4. The number of aliphatic imine (C=N–C) groups is 1. The number of carbonyl (C=O) groups excluding carboxylic acids is 1. The molecular weight excluding hydrogens is 426 g/mol. The highest BCUT2D eigenvalue weighted by molar-refractivity contribution is 6.09. The van der Waals surface area contributed by atoms with E-state index in [1.165, 1.54) is 19.2 Å². The molecule has 0 radical (unpaired) electrons. The van der Waals surface area contributed by atoms with Crippen molar-refractivity contribution in [2.45, 2.75) is 18.6 Å². The second-order valence-electron chi connectivity index (χ2n) is 7.34. The topological polar surface area (TPSA) is 84.5 Å². The molecule has 1 amide bonds. The molecular formula is C22H17F4N5O. The molecule has 6 nitrogen and oxygen atoms in total. The molecule has 164 valence electrons. The van der Waals surface area contributed by atoms with Gasteiger partial charge in [0.25, 0.3) is 5.91 Å². The third-order valence-corrected chi connectivity index (χ3v) is 5.40. The molecule has 0 spiro atoms. The van der Waals surface area contributed by atoms with E-state index in [-0.39, 0.29) is 22.6 Å². The van der Waals surface area contributed by atoms with Crippen molar-refractivity contribution >= 4 is 11.9 Å². The van der Waals surface area contributed by atoms with Gasteiger partial charge in [-0.15, -0.1) is 0 Å². The summed E-state index contributed by atoms with van der Waals surface area (Å²) in [6.45, 7) is 1.69. The summed E-state index contributed by atoms with van der Waals surface area (Å²) in [6.07, 6.45) is -1.35. The van der Waals surface area contributed by atoms with E-state index in [4.69, 9.17) is 5.73 Å². The van der Waals surface area contributed by atoms with E-state index in [9.17, 15) is 22.4 Å².